The molecule has 2 rings (SSSR count). The summed E-state index contributed by atoms with van der Waals surface area (Å²) in [4.78, 5) is 11.2. The number of amides is 2. The summed E-state index contributed by atoms with van der Waals surface area (Å²) < 4.78 is 0. The quantitative estimate of drug-likeness (QED) is 0.802. The lowest BCUT2D eigenvalue weighted by atomic mass is 10.1. The van der Waals surface area contributed by atoms with Gasteiger partial charge in [0.15, 0.2) is 0 Å². The van der Waals surface area contributed by atoms with E-state index in [0.717, 1.165) is 17.9 Å². The molecule has 0 aliphatic rings. The predicted octanol–water partition coefficient (Wildman–Crippen LogP) is 3.67. The van der Waals surface area contributed by atoms with Crippen LogP contribution < -0.4 is 16.0 Å². The molecule has 0 aliphatic carbocycles. The predicted molar refractivity (Wildman–Crippen MR) is 87.8 cm³/mol. The molecule has 4 nitrogen and oxygen atoms in total. The van der Waals surface area contributed by atoms with Gasteiger partial charge in [0.25, 0.3) is 0 Å². The van der Waals surface area contributed by atoms with Gasteiger partial charge in [-0.05, 0) is 43.7 Å². The van der Waals surface area contributed by atoms with Crippen molar-refractivity contribution in [3.8, 4) is 0 Å². The van der Waals surface area contributed by atoms with Gasteiger partial charge in [0, 0.05) is 25.0 Å². The van der Waals surface area contributed by atoms with E-state index in [1.165, 1.54) is 16.7 Å². The van der Waals surface area contributed by atoms with Gasteiger partial charge in [0.05, 0.1) is 0 Å². The second-order valence-corrected chi connectivity index (χ2v) is 5.13. The van der Waals surface area contributed by atoms with Gasteiger partial charge in [-0.15, -0.1) is 0 Å². The molecule has 0 unspecified atom stereocenters. The number of carbonyl (C=O) groups excluding carboxylic acids is 1. The van der Waals surface area contributed by atoms with Crippen LogP contribution in [0.2, 0.25) is 0 Å². The van der Waals surface area contributed by atoms with Crippen molar-refractivity contribution in [1.82, 2.24) is 5.32 Å². The number of anilines is 2. The Morgan fingerprint density at radius 2 is 1.52 bits per heavy atom. The summed E-state index contributed by atoms with van der Waals surface area (Å²) in [5.41, 5.74) is 5.61. The number of urea groups is 1. The van der Waals surface area contributed by atoms with Crippen molar-refractivity contribution in [2.75, 3.05) is 17.7 Å². The Labute approximate surface area is 125 Å². The molecule has 21 heavy (non-hydrogen) atoms. The Balaban J connectivity index is 1.95. The standard InChI is InChI=1S/C17H21N3O/c1-12-8-13(2)10-14(9-12)11-19-15-4-6-16(7-5-15)20-17(21)18-3/h4-10,19H,11H2,1-3H3,(H2,18,20,21). The first kappa shape index (κ1) is 14.9. The zero-order valence-corrected chi connectivity index (χ0v) is 12.7. The molecule has 110 valence electrons. The molecule has 2 amide bonds. The molecule has 0 aliphatic heterocycles. The molecule has 0 saturated heterocycles. The summed E-state index contributed by atoms with van der Waals surface area (Å²) in [6.07, 6.45) is 0. The van der Waals surface area contributed by atoms with E-state index in [1.54, 1.807) is 7.05 Å². The average Bonchev–Trinajstić information content (AvgIpc) is 2.45. The van der Waals surface area contributed by atoms with Gasteiger partial charge in [0.2, 0.25) is 0 Å². The van der Waals surface area contributed by atoms with Crippen LogP contribution in [-0.4, -0.2) is 13.1 Å². The Hall–Kier alpha value is -2.49. The van der Waals surface area contributed by atoms with Gasteiger partial charge in [-0.1, -0.05) is 29.3 Å². The summed E-state index contributed by atoms with van der Waals surface area (Å²) in [5.74, 6) is 0. The smallest absolute Gasteiger partial charge is 0.318 e. The number of carbonyl (C=O) groups is 1. The second kappa shape index (κ2) is 6.79. The lowest BCUT2D eigenvalue weighted by Gasteiger charge is -2.10. The first-order valence-corrected chi connectivity index (χ1v) is 6.96. The summed E-state index contributed by atoms with van der Waals surface area (Å²) in [6, 6.07) is 14.0. The van der Waals surface area contributed by atoms with Gasteiger partial charge >= 0.3 is 6.03 Å². The second-order valence-electron chi connectivity index (χ2n) is 5.13. The van der Waals surface area contributed by atoms with Gasteiger partial charge < -0.3 is 16.0 Å². The fraction of sp³-hybridized carbons (Fsp3) is 0.235. The van der Waals surface area contributed by atoms with Crippen molar-refractivity contribution in [2.24, 2.45) is 0 Å². The molecule has 2 aromatic rings. The third kappa shape index (κ3) is 4.53. The highest BCUT2D eigenvalue weighted by Crippen LogP contribution is 2.15. The van der Waals surface area contributed by atoms with Gasteiger partial charge in [-0.3, -0.25) is 0 Å². The number of rotatable bonds is 4. The maximum Gasteiger partial charge on any atom is 0.318 e. The Bertz CT molecular complexity index is 600. The van der Waals surface area contributed by atoms with Gasteiger partial charge in [0.1, 0.15) is 0 Å². The topological polar surface area (TPSA) is 53.2 Å². The Morgan fingerprint density at radius 3 is 2.10 bits per heavy atom. The van der Waals surface area contributed by atoms with Crippen molar-refractivity contribution in [3.05, 3.63) is 59.2 Å². The molecule has 2 aromatic carbocycles. The van der Waals surface area contributed by atoms with E-state index in [0.29, 0.717) is 0 Å². The average molecular weight is 283 g/mol. The third-order valence-corrected chi connectivity index (χ3v) is 3.15. The number of aryl methyl sites for hydroxylation is 2. The zero-order chi connectivity index (χ0) is 15.2. The SMILES string of the molecule is CNC(=O)Nc1ccc(NCc2cc(C)cc(C)c2)cc1. The van der Waals surface area contributed by atoms with Crippen molar-refractivity contribution in [1.29, 1.82) is 0 Å². The van der Waals surface area contributed by atoms with Gasteiger partial charge in [-0.25, -0.2) is 4.79 Å². The van der Waals surface area contributed by atoms with Crippen LogP contribution in [0.3, 0.4) is 0 Å². The minimum Gasteiger partial charge on any atom is -0.381 e. The first-order chi connectivity index (χ1) is 10.1. The van der Waals surface area contributed by atoms with Gasteiger partial charge in [-0.2, -0.15) is 0 Å². The van der Waals surface area contributed by atoms with E-state index in [4.69, 9.17) is 0 Å². The fourth-order valence-electron chi connectivity index (χ4n) is 2.24. The van der Waals surface area contributed by atoms with E-state index in [1.807, 2.05) is 24.3 Å². The maximum absolute atomic E-state index is 11.2. The number of nitrogens with one attached hydrogen (secondary N) is 3. The Kier molecular flexibility index (Phi) is 4.82. The molecule has 0 fully saturated rings. The molecular formula is C17H21N3O. The summed E-state index contributed by atoms with van der Waals surface area (Å²) in [6.45, 7) is 5.00. The molecule has 0 heterocycles. The maximum atomic E-state index is 11.2. The Morgan fingerprint density at radius 1 is 0.952 bits per heavy atom. The lowest BCUT2D eigenvalue weighted by molar-refractivity contribution is 0.254. The minimum atomic E-state index is -0.217. The third-order valence-electron chi connectivity index (χ3n) is 3.15. The summed E-state index contributed by atoms with van der Waals surface area (Å²) >= 11 is 0. The van der Waals surface area contributed by atoms with Crippen molar-refractivity contribution >= 4 is 17.4 Å². The van der Waals surface area contributed by atoms with Crippen LogP contribution in [0.15, 0.2) is 42.5 Å². The van der Waals surface area contributed by atoms with Crippen molar-refractivity contribution < 1.29 is 4.79 Å². The van der Waals surface area contributed by atoms with Crippen LogP contribution in [0.4, 0.5) is 16.2 Å². The van der Waals surface area contributed by atoms with E-state index in [9.17, 15) is 4.79 Å². The van der Waals surface area contributed by atoms with Crippen LogP contribution in [0.1, 0.15) is 16.7 Å². The van der Waals surface area contributed by atoms with Crippen LogP contribution in [0.25, 0.3) is 0 Å². The van der Waals surface area contributed by atoms with Crippen LogP contribution in [0.5, 0.6) is 0 Å². The molecule has 0 atom stereocenters. The van der Waals surface area contributed by atoms with Crippen LogP contribution >= 0.6 is 0 Å². The molecule has 0 saturated carbocycles. The molecular weight excluding hydrogens is 262 g/mol. The summed E-state index contributed by atoms with van der Waals surface area (Å²) in [7, 11) is 1.59. The van der Waals surface area contributed by atoms with E-state index in [2.05, 4.69) is 48.0 Å². The molecule has 4 heteroatoms. The highest BCUT2D eigenvalue weighted by atomic mass is 16.2. The number of hydrogen-bond donors (Lipinski definition) is 3. The zero-order valence-electron chi connectivity index (χ0n) is 12.7. The van der Waals surface area contributed by atoms with E-state index in [-0.39, 0.29) is 6.03 Å². The molecule has 0 bridgehead atoms. The molecule has 0 aromatic heterocycles. The minimum absolute atomic E-state index is 0.217. The molecule has 3 N–H and O–H groups in total. The number of hydrogen-bond acceptors (Lipinski definition) is 2. The highest BCUT2D eigenvalue weighted by molar-refractivity contribution is 5.89. The van der Waals surface area contributed by atoms with Crippen molar-refractivity contribution in [3.63, 3.8) is 0 Å². The fourth-order valence-corrected chi connectivity index (χ4v) is 2.24. The van der Waals surface area contributed by atoms with Crippen LogP contribution in [-0.2, 0) is 6.54 Å². The number of benzene rings is 2. The molecule has 0 radical (unpaired) electrons. The summed E-state index contributed by atoms with van der Waals surface area (Å²) in [5, 5.41) is 8.63. The monoisotopic (exact) mass is 283 g/mol. The largest absolute Gasteiger partial charge is 0.381 e. The van der Waals surface area contributed by atoms with Crippen LogP contribution in [0, 0.1) is 13.8 Å². The van der Waals surface area contributed by atoms with E-state index >= 15 is 0 Å². The van der Waals surface area contributed by atoms with Crippen molar-refractivity contribution in [2.45, 2.75) is 20.4 Å². The lowest BCUT2D eigenvalue weighted by Crippen LogP contribution is -2.24. The normalized spacial score (nSPS) is 10.0. The van der Waals surface area contributed by atoms with E-state index < -0.39 is 0 Å². The first-order valence-electron chi connectivity index (χ1n) is 6.96. The highest BCUT2D eigenvalue weighted by Gasteiger charge is 2.00. The molecule has 0 spiro atoms.